The molecule has 0 bridgehead atoms. The largest absolute Gasteiger partial charge is 0.456 e. The van der Waals surface area contributed by atoms with Crippen LogP contribution in [0.3, 0.4) is 0 Å². The number of hydrogen-bond donors (Lipinski definition) is 0. The number of furan rings is 1. The van der Waals surface area contributed by atoms with Crippen molar-refractivity contribution in [3.63, 3.8) is 0 Å². The molecule has 22 heavy (non-hydrogen) atoms. The molecule has 0 aliphatic rings. The van der Waals surface area contributed by atoms with Crippen LogP contribution in [0.25, 0.3) is 32.7 Å². The number of fused-ring (bicyclic) bond motifs is 1. The highest BCUT2D eigenvalue weighted by Gasteiger charge is 2.16. The fourth-order valence-corrected chi connectivity index (χ4v) is 3.44. The van der Waals surface area contributed by atoms with E-state index < -0.39 is 0 Å². The van der Waals surface area contributed by atoms with Crippen LogP contribution in [0.4, 0.5) is 0 Å². The standard InChI is InChI=1S/C19H11O2S/c20-12-14-6-3-7-15(19(14)18-9-4-10-22-18)17-11-13-5-1-2-8-16(13)21-17/h1-11H. The number of rotatable bonds is 3. The average Bonchev–Trinajstić information content (AvgIpc) is 3.23. The molecule has 105 valence electrons. The summed E-state index contributed by atoms with van der Waals surface area (Å²) >= 11 is 1.60. The van der Waals surface area contributed by atoms with E-state index in [1.54, 1.807) is 17.4 Å². The second-order valence-corrected chi connectivity index (χ2v) is 5.90. The molecular formula is C19H11O2S. The van der Waals surface area contributed by atoms with Gasteiger partial charge in [0.05, 0.1) is 0 Å². The van der Waals surface area contributed by atoms with E-state index in [0.29, 0.717) is 5.56 Å². The van der Waals surface area contributed by atoms with Gasteiger partial charge in [-0.05, 0) is 23.6 Å². The molecule has 2 aromatic carbocycles. The Morgan fingerprint density at radius 2 is 1.86 bits per heavy atom. The number of para-hydroxylation sites is 1. The number of carbonyl (C=O) groups excluding carboxylic acids is 1. The Bertz CT molecular complexity index is 916. The van der Waals surface area contributed by atoms with Gasteiger partial charge in [0, 0.05) is 27.0 Å². The van der Waals surface area contributed by atoms with Crippen LogP contribution < -0.4 is 0 Å². The first-order chi connectivity index (χ1) is 10.9. The molecule has 3 heteroatoms. The molecule has 0 atom stereocenters. The smallest absolute Gasteiger partial charge is 0.234 e. The van der Waals surface area contributed by atoms with Gasteiger partial charge in [0.25, 0.3) is 0 Å². The van der Waals surface area contributed by atoms with E-state index in [0.717, 1.165) is 32.7 Å². The van der Waals surface area contributed by atoms with Crippen LogP contribution in [0.1, 0.15) is 5.56 Å². The summed E-state index contributed by atoms with van der Waals surface area (Å²) in [5.41, 5.74) is 3.20. The van der Waals surface area contributed by atoms with E-state index in [9.17, 15) is 4.79 Å². The number of benzene rings is 2. The summed E-state index contributed by atoms with van der Waals surface area (Å²) in [5, 5.41) is 3.05. The summed E-state index contributed by atoms with van der Waals surface area (Å²) in [6, 6.07) is 19.5. The van der Waals surface area contributed by atoms with Gasteiger partial charge in [-0.1, -0.05) is 42.5 Å². The van der Waals surface area contributed by atoms with Crippen molar-refractivity contribution in [1.82, 2.24) is 0 Å². The molecule has 2 heterocycles. The van der Waals surface area contributed by atoms with Crippen molar-refractivity contribution < 1.29 is 9.21 Å². The zero-order chi connectivity index (χ0) is 14.9. The molecule has 0 saturated carbocycles. The van der Waals surface area contributed by atoms with Crippen molar-refractivity contribution in [3.8, 4) is 21.8 Å². The van der Waals surface area contributed by atoms with Crippen molar-refractivity contribution in [1.29, 1.82) is 0 Å². The Kier molecular flexibility index (Phi) is 3.13. The van der Waals surface area contributed by atoms with E-state index in [1.807, 2.05) is 66.3 Å². The quantitative estimate of drug-likeness (QED) is 0.515. The van der Waals surface area contributed by atoms with Crippen molar-refractivity contribution >= 4 is 28.6 Å². The van der Waals surface area contributed by atoms with E-state index in [-0.39, 0.29) is 0 Å². The Morgan fingerprint density at radius 3 is 2.64 bits per heavy atom. The summed E-state index contributed by atoms with van der Waals surface area (Å²) in [6.07, 6.45) is 2.04. The van der Waals surface area contributed by atoms with Gasteiger partial charge in [-0.25, -0.2) is 0 Å². The lowest BCUT2D eigenvalue weighted by molar-refractivity contribution is 0.563. The maximum atomic E-state index is 11.3. The van der Waals surface area contributed by atoms with E-state index in [2.05, 4.69) is 0 Å². The van der Waals surface area contributed by atoms with Gasteiger partial charge in [-0.2, -0.15) is 0 Å². The summed E-state index contributed by atoms with van der Waals surface area (Å²) in [5.74, 6) is 0.765. The van der Waals surface area contributed by atoms with Crippen molar-refractivity contribution in [3.05, 3.63) is 71.6 Å². The molecule has 0 unspecified atom stereocenters. The zero-order valence-electron chi connectivity index (χ0n) is 11.6. The van der Waals surface area contributed by atoms with Gasteiger partial charge in [0.15, 0.2) is 0 Å². The van der Waals surface area contributed by atoms with Crippen molar-refractivity contribution in [2.24, 2.45) is 0 Å². The minimum Gasteiger partial charge on any atom is -0.456 e. The lowest BCUT2D eigenvalue weighted by Gasteiger charge is -2.07. The highest BCUT2D eigenvalue weighted by Crippen LogP contribution is 2.38. The molecule has 0 amide bonds. The van der Waals surface area contributed by atoms with E-state index in [1.165, 1.54) is 0 Å². The molecule has 2 nitrogen and oxygen atoms in total. The van der Waals surface area contributed by atoms with Gasteiger partial charge in [0.2, 0.25) is 6.29 Å². The number of hydrogen-bond acceptors (Lipinski definition) is 3. The van der Waals surface area contributed by atoms with Gasteiger partial charge in [-0.3, -0.25) is 4.79 Å². The molecule has 2 aromatic heterocycles. The maximum absolute atomic E-state index is 11.3. The second kappa shape index (κ2) is 5.28. The average molecular weight is 303 g/mol. The normalized spacial score (nSPS) is 10.9. The number of thiophene rings is 1. The van der Waals surface area contributed by atoms with Gasteiger partial charge in [-0.15, -0.1) is 11.3 Å². The van der Waals surface area contributed by atoms with Crippen molar-refractivity contribution in [2.75, 3.05) is 0 Å². The van der Waals surface area contributed by atoms with Crippen molar-refractivity contribution in [2.45, 2.75) is 0 Å². The third-order valence-electron chi connectivity index (χ3n) is 3.63. The molecule has 0 fully saturated rings. The Labute approximate surface area is 131 Å². The summed E-state index contributed by atoms with van der Waals surface area (Å²) < 4.78 is 5.97. The second-order valence-electron chi connectivity index (χ2n) is 4.96. The summed E-state index contributed by atoms with van der Waals surface area (Å²) in [7, 11) is 0. The Morgan fingerprint density at radius 1 is 0.955 bits per heavy atom. The fourth-order valence-electron chi connectivity index (χ4n) is 2.64. The molecule has 0 saturated heterocycles. The van der Waals surface area contributed by atoms with Gasteiger partial charge >= 0.3 is 0 Å². The first-order valence-corrected chi connectivity index (χ1v) is 7.79. The predicted molar refractivity (Wildman–Crippen MR) is 89.8 cm³/mol. The SMILES string of the molecule is O=[C]c1cccc(-c2cc3ccccc3o2)c1-c1cccs1. The minimum absolute atomic E-state index is 0.556. The first kappa shape index (κ1) is 13.0. The topological polar surface area (TPSA) is 30.2 Å². The van der Waals surface area contributed by atoms with Crippen LogP contribution in [-0.4, -0.2) is 6.29 Å². The van der Waals surface area contributed by atoms with Crippen LogP contribution in [0.5, 0.6) is 0 Å². The molecule has 0 aliphatic carbocycles. The summed E-state index contributed by atoms with van der Waals surface area (Å²) in [4.78, 5) is 12.4. The van der Waals surface area contributed by atoms with Gasteiger partial charge < -0.3 is 4.42 Å². The first-order valence-electron chi connectivity index (χ1n) is 6.91. The van der Waals surface area contributed by atoms with E-state index >= 15 is 0 Å². The minimum atomic E-state index is 0.556. The summed E-state index contributed by atoms with van der Waals surface area (Å²) in [6.45, 7) is 0. The Balaban J connectivity index is 2.00. The highest BCUT2D eigenvalue weighted by atomic mass is 32.1. The van der Waals surface area contributed by atoms with Crippen LogP contribution in [0.2, 0.25) is 0 Å². The molecule has 4 rings (SSSR count). The van der Waals surface area contributed by atoms with Crippen LogP contribution in [0, 0.1) is 0 Å². The van der Waals surface area contributed by atoms with Crippen LogP contribution in [0.15, 0.2) is 70.5 Å². The lowest BCUT2D eigenvalue weighted by Crippen LogP contribution is -1.89. The highest BCUT2D eigenvalue weighted by molar-refractivity contribution is 7.13. The molecule has 0 spiro atoms. The molecular weight excluding hydrogens is 292 g/mol. The molecule has 4 aromatic rings. The monoisotopic (exact) mass is 303 g/mol. The van der Waals surface area contributed by atoms with E-state index in [4.69, 9.17) is 4.42 Å². The predicted octanol–water partition coefficient (Wildman–Crippen LogP) is 5.29. The maximum Gasteiger partial charge on any atom is 0.234 e. The van der Waals surface area contributed by atoms with Crippen LogP contribution in [-0.2, 0) is 4.79 Å². The third kappa shape index (κ3) is 2.07. The fraction of sp³-hybridized carbons (Fsp3) is 0. The van der Waals surface area contributed by atoms with Gasteiger partial charge in [0.1, 0.15) is 11.3 Å². The Hall–Kier alpha value is -2.65. The molecule has 0 aliphatic heterocycles. The molecule has 0 N–H and O–H groups in total. The molecule has 1 radical (unpaired) electrons. The third-order valence-corrected chi connectivity index (χ3v) is 4.52. The lowest BCUT2D eigenvalue weighted by atomic mass is 9.98. The zero-order valence-corrected chi connectivity index (χ0v) is 12.4. The van der Waals surface area contributed by atoms with Crippen LogP contribution >= 0.6 is 11.3 Å².